The predicted octanol–water partition coefficient (Wildman–Crippen LogP) is 2.54. The smallest absolute Gasteiger partial charge is 0.259 e. The van der Waals surface area contributed by atoms with Crippen molar-refractivity contribution in [1.29, 1.82) is 0 Å². The number of fused-ring (bicyclic) bond motifs is 1. The fraction of sp³-hybridized carbons (Fsp3) is 0.588. The van der Waals surface area contributed by atoms with Crippen LogP contribution in [-0.2, 0) is 0 Å². The number of pyridine rings is 1. The minimum atomic E-state index is 0.266. The van der Waals surface area contributed by atoms with Gasteiger partial charge in [-0.05, 0) is 31.5 Å². The molecular formula is C17H23N5O. The third-order valence-electron chi connectivity index (χ3n) is 4.86. The first kappa shape index (κ1) is 14.6. The van der Waals surface area contributed by atoms with E-state index in [9.17, 15) is 0 Å². The van der Waals surface area contributed by atoms with E-state index in [0.29, 0.717) is 11.9 Å². The molecule has 0 radical (unpaired) electrons. The summed E-state index contributed by atoms with van der Waals surface area (Å²) in [6, 6.07) is 4.80. The largest absolute Gasteiger partial charge is 0.354 e. The van der Waals surface area contributed by atoms with Gasteiger partial charge in [-0.2, -0.15) is 4.98 Å². The number of anilines is 1. The molecule has 0 N–H and O–H groups in total. The first-order chi connectivity index (χ1) is 11.2. The van der Waals surface area contributed by atoms with Crippen molar-refractivity contribution in [1.82, 2.24) is 20.0 Å². The van der Waals surface area contributed by atoms with Crippen molar-refractivity contribution in [2.24, 2.45) is 0 Å². The molecule has 2 aromatic rings. The molecule has 1 unspecified atom stereocenters. The fourth-order valence-electron chi connectivity index (χ4n) is 3.49. The summed E-state index contributed by atoms with van der Waals surface area (Å²) >= 11 is 0. The molecule has 2 aromatic heterocycles. The second kappa shape index (κ2) is 5.92. The van der Waals surface area contributed by atoms with Crippen molar-refractivity contribution < 1.29 is 4.52 Å². The van der Waals surface area contributed by atoms with Crippen LogP contribution in [-0.4, -0.2) is 52.2 Å². The number of aromatic nitrogens is 3. The van der Waals surface area contributed by atoms with E-state index in [0.717, 1.165) is 36.8 Å². The van der Waals surface area contributed by atoms with Crippen molar-refractivity contribution in [2.45, 2.75) is 38.6 Å². The summed E-state index contributed by atoms with van der Waals surface area (Å²) in [6.07, 6.45) is 4.49. The average Bonchev–Trinajstić information content (AvgIpc) is 3.23. The van der Waals surface area contributed by atoms with E-state index in [4.69, 9.17) is 4.52 Å². The van der Waals surface area contributed by atoms with Crippen LogP contribution in [0.5, 0.6) is 0 Å². The molecule has 23 heavy (non-hydrogen) atoms. The molecule has 6 heteroatoms. The van der Waals surface area contributed by atoms with Crippen LogP contribution in [0.3, 0.4) is 0 Å². The molecule has 0 aromatic carbocycles. The molecule has 0 spiro atoms. The van der Waals surface area contributed by atoms with Gasteiger partial charge in [0, 0.05) is 37.8 Å². The maximum Gasteiger partial charge on any atom is 0.259 e. The van der Waals surface area contributed by atoms with E-state index in [-0.39, 0.29) is 5.92 Å². The number of hydrogen-bond donors (Lipinski definition) is 0. The molecule has 0 aliphatic carbocycles. The lowest BCUT2D eigenvalue weighted by atomic mass is 10.1. The summed E-state index contributed by atoms with van der Waals surface area (Å²) in [5.74, 6) is 2.60. The monoisotopic (exact) mass is 313 g/mol. The molecule has 2 aliphatic heterocycles. The molecule has 0 bridgehead atoms. The average molecular weight is 313 g/mol. The lowest BCUT2D eigenvalue weighted by Crippen LogP contribution is -2.50. The summed E-state index contributed by atoms with van der Waals surface area (Å²) in [5, 5.41) is 4.01. The van der Waals surface area contributed by atoms with Crippen molar-refractivity contribution in [3.8, 4) is 11.5 Å². The highest BCUT2D eigenvalue weighted by molar-refractivity contribution is 5.55. The van der Waals surface area contributed by atoms with Crippen LogP contribution in [0.25, 0.3) is 11.5 Å². The molecule has 4 heterocycles. The van der Waals surface area contributed by atoms with Gasteiger partial charge in [0.05, 0.1) is 5.56 Å². The Balaban J connectivity index is 1.49. The van der Waals surface area contributed by atoms with Gasteiger partial charge in [0.15, 0.2) is 5.82 Å². The molecule has 122 valence electrons. The van der Waals surface area contributed by atoms with E-state index in [1.54, 1.807) is 0 Å². The minimum absolute atomic E-state index is 0.266. The van der Waals surface area contributed by atoms with Crippen LogP contribution in [0, 0.1) is 0 Å². The SMILES string of the molecule is CC(C)c1noc(-c2ccc(N3CCN4CCCC4C3)nc2)n1. The number of nitrogens with zero attached hydrogens (tertiary/aromatic N) is 5. The highest BCUT2D eigenvalue weighted by Gasteiger charge is 2.30. The van der Waals surface area contributed by atoms with Gasteiger partial charge >= 0.3 is 0 Å². The third-order valence-corrected chi connectivity index (χ3v) is 4.86. The zero-order chi connectivity index (χ0) is 15.8. The summed E-state index contributed by atoms with van der Waals surface area (Å²) < 4.78 is 5.33. The quantitative estimate of drug-likeness (QED) is 0.868. The minimum Gasteiger partial charge on any atom is -0.354 e. The molecule has 2 fully saturated rings. The Morgan fingerprint density at radius 1 is 1.22 bits per heavy atom. The molecule has 2 saturated heterocycles. The van der Waals surface area contributed by atoms with Crippen molar-refractivity contribution in [2.75, 3.05) is 31.1 Å². The maximum absolute atomic E-state index is 5.33. The highest BCUT2D eigenvalue weighted by atomic mass is 16.5. The molecule has 6 nitrogen and oxygen atoms in total. The Kier molecular flexibility index (Phi) is 3.77. The lowest BCUT2D eigenvalue weighted by Gasteiger charge is -2.38. The van der Waals surface area contributed by atoms with Crippen molar-refractivity contribution in [3.05, 3.63) is 24.2 Å². The number of hydrogen-bond acceptors (Lipinski definition) is 6. The van der Waals surface area contributed by atoms with Crippen molar-refractivity contribution >= 4 is 5.82 Å². The van der Waals surface area contributed by atoms with E-state index in [1.807, 2.05) is 12.3 Å². The van der Waals surface area contributed by atoms with E-state index in [1.165, 1.54) is 19.4 Å². The summed E-state index contributed by atoms with van der Waals surface area (Å²) in [7, 11) is 0. The van der Waals surface area contributed by atoms with Gasteiger partial charge in [-0.25, -0.2) is 4.98 Å². The van der Waals surface area contributed by atoms with E-state index in [2.05, 4.69) is 44.8 Å². The molecule has 1 atom stereocenters. The summed E-state index contributed by atoms with van der Waals surface area (Å²) in [5.41, 5.74) is 0.882. The van der Waals surface area contributed by atoms with Crippen molar-refractivity contribution in [3.63, 3.8) is 0 Å². The Morgan fingerprint density at radius 2 is 2.13 bits per heavy atom. The number of rotatable bonds is 3. The highest BCUT2D eigenvalue weighted by Crippen LogP contribution is 2.26. The number of piperazine rings is 1. The molecule has 0 amide bonds. The molecule has 4 rings (SSSR count). The van der Waals surface area contributed by atoms with Crippen LogP contribution < -0.4 is 4.90 Å². The van der Waals surface area contributed by atoms with Crippen LogP contribution in [0.4, 0.5) is 5.82 Å². The normalized spacial score (nSPS) is 21.9. The van der Waals surface area contributed by atoms with Crippen LogP contribution in [0.15, 0.2) is 22.9 Å². The van der Waals surface area contributed by atoms with Gasteiger partial charge in [0.1, 0.15) is 5.82 Å². The first-order valence-electron chi connectivity index (χ1n) is 8.50. The maximum atomic E-state index is 5.33. The Morgan fingerprint density at radius 3 is 2.87 bits per heavy atom. The Hall–Kier alpha value is -1.95. The van der Waals surface area contributed by atoms with Gasteiger partial charge in [0.25, 0.3) is 5.89 Å². The zero-order valence-electron chi connectivity index (χ0n) is 13.8. The Labute approximate surface area is 136 Å². The first-order valence-corrected chi connectivity index (χ1v) is 8.50. The molecule has 0 saturated carbocycles. The third kappa shape index (κ3) is 2.83. The predicted molar refractivity (Wildman–Crippen MR) is 88.4 cm³/mol. The summed E-state index contributed by atoms with van der Waals surface area (Å²) in [4.78, 5) is 14.1. The fourth-order valence-corrected chi connectivity index (χ4v) is 3.49. The lowest BCUT2D eigenvalue weighted by molar-refractivity contribution is 0.230. The van der Waals surface area contributed by atoms with Crippen LogP contribution >= 0.6 is 0 Å². The topological polar surface area (TPSA) is 58.3 Å². The van der Waals surface area contributed by atoms with Gasteiger partial charge in [-0.1, -0.05) is 19.0 Å². The van der Waals surface area contributed by atoms with Gasteiger partial charge in [0.2, 0.25) is 0 Å². The van der Waals surface area contributed by atoms with Crippen LogP contribution in [0.2, 0.25) is 0 Å². The Bertz CT molecular complexity index is 666. The van der Waals surface area contributed by atoms with E-state index >= 15 is 0 Å². The second-order valence-electron chi connectivity index (χ2n) is 6.80. The van der Waals surface area contributed by atoms with Gasteiger partial charge < -0.3 is 9.42 Å². The van der Waals surface area contributed by atoms with Gasteiger partial charge in [-0.3, -0.25) is 4.90 Å². The van der Waals surface area contributed by atoms with Gasteiger partial charge in [-0.15, -0.1) is 0 Å². The van der Waals surface area contributed by atoms with Crippen LogP contribution in [0.1, 0.15) is 38.4 Å². The summed E-state index contributed by atoms with van der Waals surface area (Å²) in [6.45, 7) is 8.67. The zero-order valence-corrected chi connectivity index (χ0v) is 13.8. The molecular weight excluding hydrogens is 290 g/mol. The standard InChI is InChI=1S/C17H23N5O/c1-12(2)16-19-17(23-20-16)13-5-6-15(18-10-13)22-9-8-21-7-3-4-14(21)11-22/h5-6,10,12,14H,3-4,7-9,11H2,1-2H3. The van der Waals surface area contributed by atoms with E-state index < -0.39 is 0 Å². The second-order valence-corrected chi connectivity index (χ2v) is 6.80. The molecule has 2 aliphatic rings.